The van der Waals surface area contributed by atoms with E-state index in [2.05, 4.69) is 15.1 Å². The number of nitrogens with zero attached hydrogens (tertiary/aromatic N) is 5. The van der Waals surface area contributed by atoms with E-state index in [4.69, 9.17) is 9.26 Å². The fraction of sp³-hybridized carbons (Fsp3) is 0.455. The molecule has 31 heavy (non-hydrogen) atoms. The number of benzene rings is 1. The molecule has 1 saturated carbocycles. The van der Waals surface area contributed by atoms with Crippen LogP contribution in [0.15, 0.2) is 33.8 Å². The first-order valence-electron chi connectivity index (χ1n) is 10.6. The summed E-state index contributed by atoms with van der Waals surface area (Å²) in [5.74, 6) is 0.261. The Hall–Kier alpha value is -3.07. The minimum atomic E-state index is -0.581. The number of ether oxygens (including phenoxy) is 1. The van der Waals surface area contributed by atoms with Crippen LogP contribution in [0, 0.1) is 5.82 Å². The maximum Gasteiger partial charge on any atom is 0.278 e. The first kappa shape index (κ1) is 19.9. The van der Waals surface area contributed by atoms with Gasteiger partial charge in [-0.1, -0.05) is 12.1 Å². The van der Waals surface area contributed by atoms with E-state index in [0.29, 0.717) is 34.6 Å². The van der Waals surface area contributed by atoms with Gasteiger partial charge in [0.05, 0.1) is 11.0 Å². The Morgan fingerprint density at radius 3 is 2.77 bits per heavy atom. The van der Waals surface area contributed by atoms with Gasteiger partial charge in [0.25, 0.3) is 11.4 Å². The largest absolute Gasteiger partial charge is 0.368 e. The Labute approximate surface area is 177 Å². The number of fused-ring (bicyclic) bond motifs is 3. The minimum Gasteiger partial charge on any atom is -0.368 e. The maximum atomic E-state index is 14.0. The molecule has 0 amide bonds. The molecule has 8 nitrogen and oxygen atoms in total. The minimum absolute atomic E-state index is 0.124. The first-order chi connectivity index (χ1) is 15.0. The van der Waals surface area contributed by atoms with E-state index >= 15 is 0 Å². The van der Waals surface area contributed by atoms with Crippen molar-refractivity contribution in [3.63, 3.8) is 0 Å². The lowest BCUT2D eigenvalue weighted by Crippen LogP contribution is -2.26. The zero-order chi connectivity index (χ0) is 21.8. The summed E-state index contributed by atoms with van der Waals surface area (Å²) in [6.07, 6.45) is 5.94. The Morgan fingerprint density at radius 2 is 2.06 bits per heavy atom. The van der Waals surface area contributed by atoms with Crippen LogP contribution in [0.3, 0.4) is 0 Å². The van der Waals surface area contributed by atoms with E-state index in [1.165, 1.54) is 12.1 Å². The van der Waals surface area contributed by atoms with E-state index in [-0.39, 0.29) is 17.4 Å². The lowest BCUT2D eigenvalue weighted by Gasteiger charge is -2.22. The van der Waals surface area contributed by atoms with Crippen molar-refractivity contribution >= 4 is 16.6 Å². The second kappa shape index (κ2) is 7.26. The SMILES string of the molecule is CCC(C)n1c(=O)c2c(-c3noc(C4(OC)CCCC4)n3)ncn2c2ccc(F)cc21. The third kappa shape index (κ3) is 2.90. The monoisotopic (exact) mass is 425 g/mol. The molecule has 9 heteroatoms. The number of hydrogen-bond donors (Lipinski definition) is 0. The summed E-state index contributed by atoms with van der Waals surface area (Å²) in [5, 5.41) is 4.13. The highest BCUT2D eigenvalue weighted by molar-refractivity contribution is 5.83. The summed E-state index contributed by atoms with van der Waals surface area (Å²) in [6.45, 7) is 3.92. The van der Waals surface area contributed by atoms with Gasteiger partial charge in [-0.15, -0.1) is 0 Å². The first-order valence-corrected chi connectivity index (χ1v) is 10.6. The summed E-state index contributed by atoms with van der Waals surface area (Å²) < 4.78 is 28.6. The van der Waals surface area contributed by atoms with E-state index in [9.17, 15) is 9.18 Å². The molecule has 0 aliphatic heterocycles. The van der Waals surface area contributed by atoms with Crippen molar-refractivity contribution in [3.05, 3.63) is 46.6 Å². The molecule has 3 aromatic heterocycles. The van der Waals surface area contributed by atoms with Crippen LogP contribution in [-0.2, 0) is 10.3 Å². The predicted octanol–water partition coefficient (Wildman–Crippen LogP) is 4.23. The number of methoxy groups -OCH3 is 1. The summed E-state index contributed by atoms with van der Waals surface area (Å²) >= 11 is 0. The van der Waals surface area contributed by atoms with Crippen molar-refractivity contribution in [1.82, 2.24) is 24.1 Å². The molecule has 1 aromatic carbocycles. The number of halogens is 1. The molecule has 1 fully saturated rings. The van der Waals surface area contributed by atoms with E-state index in [1.807, 2.05) is 13.8 Å². The van der Waals surface area contributed by atoms with Crippen LogP contribution in [0.1, 0.15) is 57.9 Å². The number of aromatic nitrogens is 5. The average Bonchev–Trinajstić information content (AvgIpc) is 3.52. The van der Waals surface area contributed by atoms with Gasteiger partial charge in [0.2, 0.25) is 5.82 Å². The van der Waals surface area contributed by atoms with Gasteiger partial charge in [-0.25, -0.2) is 9.37 Å². The van der Waals surface area contributed by atoms with E-state index in [0.717, 1.165) is 25.7 Å². The number of rotatable bonds is 5. The molecule has 0 bridgehead atoms. The van der Waals surface area contributed by atoms with Gasteiger partial charge in [0.1, 0.15) is 29.0 Å². The topological polar surface area (TPSA) is 87.5 Å². The molecule has 1 aliphatic carbocycles. The predicted molar refractivity (Wildman–Crippen MR) is 112 cm³/mol. The average molecular weight is 425 g/mol. The number of imidazole rings is 1. The Morgan fingerprint density at radius 1 is 1.29 bits per heavy atom. The molecule has 5 rings (SSSR count). The highest BCUT2D eigenvalue weighted by Crippen LogP contribution is 2.41. The molecule has 1 atom stereocenters. The van der Waals surface area contributed by atoms with Crippen LogP contribution in [0.5, 0.6) is 0 Å². The van der Waals surface area contributed by atoms with Gasteiger partial charge in [-0.2, -0.15) is 4.98 Å². The molecule has 0 N–H and O–H groups in total. The summed E-state index contributed by atoms with van der Waals surface area (Å²) in [6, 6.07) is 4.29. The van der Waals surface area contributed by atoms with Crippen LogP contribution in [-0.4, -0.2) is 31.2 Å². The van der Waals surface area contributed by atoms with Gasteiger partial charge in [-0.3, -0.25) is 9.20 Å². The fourth-order valence-corrected chi connectivity index (χ4v) is 4.59. The van der Waals surface area contributed by atoms with Crippen molar-refractivity contribution in [2.75, 3.05) is 7.11 Å². The van der Waals surface area contributed by atoms with Gasteiger partial charge in [-0.05, 0) is 57.2 Å². The third-order valence-corrected chi connectivity index (χ3v) is 6.51. The number of hydrogen-bond acceptors (Lipinski definition) is 6. The molecule has 162 valence electrons. The van der Waals surface area contributed by atoms with E-state index < -0.39 is 11.4 Å². The van der Waals surface area contributed by atoms with Gasteiger partial charge in [0, 0.05) is 13.2 Å². The fourth-order valence-electron chi connectivity index (χ4n) is 4.59. The smallest absolute Gasteiger partial charge is 0.278 e. The van der Waals surface area contributed by atoms with E-state index in [1.54, 1.807) is 28.5 Å². The summed E-state index contributed by atoms with van der Waals surface area (Å²) in [7, 11) is 1.65. The van der Waals surface area contributed by atoms with Crippen LogP contribution in [0.2, 0.25) is 0 Å². The molecular weight excluding hydrogens is 401 g/mol. The van der Waals surface area contributed by atoms with Gasteiger partial charge >= 0.3 is 0 Å². The quantitative estimate of drug-likeness (QED) is 0.476. The van der Waals surface area contributed by atoms with Crippen molar-refractivity contribution in [2.45, 2.75) is 57.6 Å². The van der Waals surface area contributed by atoms with Crippen LogP contribution >= 0.6 is 0 Å². The van der Waals surface area contributed by atoms with Gasteiger partial charge in [0.15, 0.2) is 0 Å². The lowest BCUT2D eigenvalue weighted by molar-refractivity contribution is -0.0342. The highest BCUT2D eigenvalue weighted by atomic mass is 19.1. The molecular formula is C22H24FN5O3. The summed E-state index contributed by atoms with van der Waals surface area (Å²) in [5.41, 5.74) is 1.03. The molecule has 0 radical (unpaired) electrons. The molecule has 0 spiro atoms. The second-order valence-electron chi connectivity index (χ2n) is 8.21. The third-order valence-electron chi connectivity index (χ3n) is 6.51. The second-order valence-corrected chi connectivity index (χ2v) is 8.21. The van der Waals surface area contributed by atoms with Crippen molar-refractivity contribution < 1.29 is 13.7 Å². The Balaban J connectivity index is 1.75. The molecule has 0 saturated heterocycles. The molecule has 3 heterocycles. The molecule has 1 unspecified atom stereocenters. The highest BCUT2D eigenvalue weighted by Gasteiger charge is 2.41. The van der Waals surface area contributed by atoms with Crippen LogP contribution < -0.4 is 5.56 Å². The zero-order valence-electron chi connectivity index (χ0n) is 17.8. The summed E-state index contributed by atoms with van der Waals surface area (Å²) in [4.78, 5) is 22.6. The van der Waals surface area contributed by atoms with Crippen LogP contribution in [0.25, 0.3) is 28.1 Å². The lowest BCUT2D eigenvalue weighted by atomic mass is 10.0. The van der Waals surface area contributed by atoms with Crippen LogP contribution in [0.4, 0.5) is 4.39 Å². The van der Waals surface area contributed by atoms with Crippen molar-refractivity contribution in [2.24, 2.45) is 0 Å². The zero-order valence-corrected chi connectivity index (χ0v) is 17.8. The standard InChI is InChI=1S/C22H24FN5O3/c1-4-13(2)28-16-11-14(23)7-8-15(16)27-12-24-17(18(27)20(28)29)19-25-21(31-26-19)22(30-3)9-5-6-10-22/h7-8,11-13H,4-6,9-10H2,1-3H3. The molecule has 4 aromatic rings. The van der Waals surface area contributed by atoms with Crippen molar-refractivity contribution in [1.29, 1.82) is 0 Å². The maximum absolute atomic E-state index is 14.0. The molecule has 1 aliphatic rings. The Bertz CT molecular complexity index is 1330. The normalized spacial score (nSPS) is 17.0. The van der Waals surface area contributed by atoms with Gasteiger partial charge < -0.3 is 13.8 Å². The Kier molecular flexibility index (Phi) is 4.65. The van der Waals surface area contributed by atoms with Crippen molar-refractivity contribution in [3.8, 4) is 11.5 Å².